The van der Waals surface area contributed by atoms with Gasteiger partial charge in [-0.25, -0.2) is 0 Å². The monoisotopic (exact) mass is 350 g/mol. The molecule has 1 aliphatic rings. The first kappa shape index (κ1) is 18.8. The lowest BCUT2D eigenvalue weighted by molar-refractivity contribution is 0.105. The number of hydrogen-bond donors (Lipinski definition) is 0. The van der Waals surface area contributed by atoms with Crippen molar-refractivity contribution in [1.29, 1.82) is 0 Å². The van der Waals surface area contributed by atoms with Crippen LogP contribution in [0, 0.1) is 0 Å². The Bertz CT molecular complexity index is 431. The summed E-state index contributed by atoms with van der Waals surface area (Å²) in [6.45, 7) is 3.11. The third-order valence-electron chi connectivity index (χ3n) is 3.25. The Balaban J connectivity index is 0.000000211. The topological polar surface area (TPSA) is 26.3 Å². The predicted molar refractivity (Wildman–Crippen MR) is 89.8 cm³/mol. The Labute approximate surface area is 141 Å². The van der Waals surface area contributed by atoms with Crippen LogP contribution in [-0.2, 0) is 4.74 Å². The molecule has 2 atom stereocenters. The highest BCUT2D eigenvalue weighted by Crippen LogP contribution is 2.23. The zero-order valence-electron chi connectivity index (χ0n) is 12.2. The normalized spacial score (nSPS) is 18.8. The lowest BCUT2D eigenvalue weighted by Gasteiger charge is -2.15. The minimum atomic E-state index is -0.484. The van der Waals surface area contributed by atoms with Crippen LogP contribution < -0.4 is 0 Å². The molecule has 1 saturated heterocycles. The fourth-order valence-corrected chi connectivity index (χ4v) is 2.74. The van der Waals surface area contributed by atoms with Gasteiger partial charge >= 0.3 is 0 Å². The molecule has 1 aromatic carbocycles. The summed E-state index contributed by atoms with van der Waals surface area (Å²) in [5.41, 5.74) is 0.425. The van der Waals surface area contributed by atoms with Crippen molar-refractivity contribution < 1.29 is 9.53 Å². The van der Waals surface area contributed by atoms with Crippen LogP contribution in [0.1, 0.15) is 49.4 Å². The maximum Gasteiger partial charge on any atom is 0.252 e. The van der Waals surface area contributed by atoms with Crippen molar-refractivity contribution in [3.05, 3.63) is 34.9 Å². The SMILES string of the molecule is CCCCC(Cl)C1CCCO1.O=C(Cl)c1cccc(Cl)c1. The summed E-state index contributed by atoms with van der Waals surface area (Å²) in [4.78, 5) is 10.5. The molecule has 1 heterocycles. The van der Waals surface area contributed by atoms with E-state index in [2.05, 4.69) is 6.92 Å². The highest BCUT2D eigenvalue weighted by Gasteiger charge is 2.23. The maximum absolute atomic E-state index is 10.5. The third-order valence-corrected chi connectivity index (χ3v) is 4.21. The van der Waals surface area contributed by atoms with Crippen LogP contribution in [0.2, 0.25) is 5.02 Å². The van der Waals surface area contributed by atoms with Crippen molar-refractivity contribution in [2.75, 3.05) is 6.61 Å². The van der Waals surface area contributed by atoms with Crippen molar-refractivity contribution in [3.8, 4) is 0 Å². The molecule has 2 rings (SSSR count). The average Bonchev–Trinajstić information content (AvgIpc) is 2.99. The summed E-state index contributed by atoms with van der Waals surface area (Å²) in [6.07, 6.45) is 6.29. The van der Waals surface area contributed by atoms with Crippen LogP contribution in [0.4, 0.5) is 0 Å². The minimum Gasteiger partial charge on any atom is -0.377 e. The van der Waals surface area contributed by atoms with Crippen LogP contribution >= 0.6 is 34.8 Å². The Morgan fingerprint density at radius 3 is 2.71 bits per heavy atom. The van der Waals surface area contributed by atoms with E-state index in [4.69, 9.17) is 39.5 Å². The molecule has 2 unspecified atom stereocenters. The zero-order valence-corrected chi connectivity index (χ0v) is 14.4. The van der Waals surface area contributed by atoms with Gasteiger partial charge in [0.1, 0.15) is 0 Å². The number of alkyl halides is 1. The van der Waals surface area contributed by atoms with Gasteiger partial charge in [0.25, 0.3) is 5.24 Å². The smallest absolute Gasteiger partial charge is 0.252 e. The molecular weight excluding hydrogens is 331 g/mol. The first-order valence-electron chi connectivity index (χ1n) is 7.25. The molecule has 118 valence electrons. The molecule has 2 nitrogen and oxygen atoms in total. The lowest BCUT2D eigenvalue weighted by Crippen LogP contribution is -2.19. The summed E-state index contributed by atoms with van der Waals surface area (Å²) in [6, 6.07) is 6.50. The fraction of sp³-hybridized carbons (Fsp3) is 0.562. The fourth-order valence-electron chi connectivity index (χ4n) is 2.08. The van der Waals surface area contributed by atoms with Gasteiger partial charge in [-0.2, -0.15) is 0 Å². The van der Waals surface area contributed by atoms with Gasteiger partial charge in [-0.3, -0.25) is 4.79 Å². The Morgan fingerprint density at radius 1 is 1.48 bits per heavy atom. The summed E-state index contributed by atoms with van der Waals surface area (Å²) in [5.74, 6) is 0. The molecule has 0 N–H and O–H groups in total. The van der Waals surface area contributed by atoms with Crippen LogP contribution in [0.25, 0.3) is 0 Å². The van der Waals surface area contributed by atoms with E-state index in [1.54, 1.807) is 18.2 Å². The Morgan fingerprint density at radius 2 is 2.24 bits per heavy atom. The first-order valence-corrected chi connectivity index (χ1v) is 8.45. The van der Waals surface area contributed by atoms with Gasteiger partial charge in [0.2, 0.25) is 0 Å². The highest BCUT2D eigenvalue weighted by molar-refractivity contribution is 6.67. The third kappa shape index (κ3) is 7.51. The van der Waals surface area contributed by atoms with E-state index in [1.165, 1.54) is 25.3 Å². The van der Waals surface area contributed by atoms with Gasteiger partial charge in [-0.05, 0) is 49.1 Å². The molecule has 5 heteroatoms. The molecule has 0 bridgehead atoms. The number of rotatable bonds is 5. The van der Waals surface area contributed by atoms with Gasteiger partial charge in [-0.1, -0.05) is 37.4 Å². The van der Waals surface area contributed by atoms with Gasteiger partial charge < -0.3 is 4.74 Å². The summed E-state index contributed by atoms with van der Waals surface area (Å²) in [5, 5.41) is 0.298. The van der Waals surface area contributed by atoms with Crippen molar-refractivity contribution in [1.82, 2.24) is 0 Å². The van der Waals surface area contributed by atoms with E-state index in [1.807, 2.05) is 0 Å². The van der Waals surface area contributed by atoms with Gasteiger partial charge in [-0.15, -0.1) is 11.6 Å². The number of ether oxygens (including phenoxy) is 1. The quantitative estimate of drug-likeness (QED) is 0.504. The van der Waals surface area contributed by atoms with Gasteiger partial charge in [0.05, 0.1) is 11.5 Å². The van der Waals surface area contributed by atoms with Crippen LogP contribution in [-0.4, -0.2) is 23.3 Å². The zero-order chi connectivity index (χ0) is 15.7. The Kier molecular flexibility index (Phi) is 9.34. The summed E-state index contributed by atoms with van der Waals surface area (Å²) < 4.78 is 5.48. The number of unbranched alkanes of at least 4 members (excludes halogenated alkanes) is 1. The van der Waals surface area contributed by atoms with E-state index in [0.29, 0.717) is 16.7 Å². The van der Waals surface area contributed by atoms with Gasteiger partial charge in [0, 0.05) is 17.2 Å². The molecule has 1 fully saturated rings. The molecule has 0 spiro atoms. The molecule has 0 saturated carbocycles. The lowest BCUT2D eigenvalue weighted by atomic mass is 10.1. The molecular formula is C16H21Cl3O2. The molecule has 0 amide bonds. The van der Waals surface area contributed by atoms with Crippen LogP contribution in [0.3, 0.4) is 0 Å². The molecule has 1 aliphatic heterocycles. The first-order chi connectivity index (χ1) is 10.0. The van der Waals surface area contributed by atoms with E-state index in [-0.39, 0.29) is 5.38 Å². The number of halogens is 3. The van der Waals surface area contributed by atoms with Crippen molar-refractivity contribution in [3.63, 3.8) is 0 Å². The number of carbonyl (C=O) groups is 1. The average molecular weight is 352 g/mol. The molecule has 1 aromatic rings. The van der Waals surface area contributed by atoms with E-state index in [0.717, 1.165) is 19.4 Å². The van der Waals surface area contributed by atoms with E-state index < -0.39 is 5.24 Å². The molecule has 21 heavy (non-hydrogen) atoms. The second-order valence-electron chi connectivity index (χ2n) is 4.99. The second-order valence-corrected chi connectivity index (χ2v) is 6.33. The minimum absolute atomic E-state index is 0.262. The van der Waals surface area contributed by atoms with E-state index in [9.17, 15) is 4.79 Å². The Hall–Kier alpha value is -0.280. The largest absolute Gasteiger partial charge is 0.377 e. The standard InChI is InChI=1S/C9H17ClO.C7H4Cl2O/c1-2-3-5-8(10)9-6-4-7-11-9;8-6-3-1-2-5(4-6)7(9)10/h8-9H,2-7H2,1H3;1-4H. The van der Waals surface area contributed by atoms with Crippen LogP contribution in [0.5, 0.6) is 0 Å². The number of carbonyl (C=O) groups excluding carboxylic acids is 1. The van der Waals surface area contributed by atoms with Crippen molar-refractivity contribution in [2.24, 2.45) is 0 Å². The van der Waals surface area contributed by atoms with Gasteiger partial charge in [0.15, 0.2) is 0 Å². The summed E-state index contributed by atoms with van der Waals surface area (Å²) >= 11 is 16.9. The predicted octanol–water partition coefficient (Wildman–Crippen LogP) is 5.68. The molecule has 0 radical (unpaired) electrons. The number of hydrogen-bond acceptors (Lipinski definition) is 2. The van der Waals surface area contributed by atoms with Crippen LogP contribution in [0.15, 0.2) is 24.3 Å². The molecule has 0 aromatic heterocycles. The second kappa shape index (κ2) is 10.4. The van der Waals surface area contributed by atoms with Crippen molar-refractivity contribution >= 4 is 40.0 Å². The molecule has 0 aliphatic carbocycles. The number of benzene rings is 1. The summed E-state index contributed by atoms with van der Waals surface area (Å²) in [7, 11) is 0. The van der Waals surface area contributed by atoms with E-state index >= 15 is 0 Å². The highest BCUT2D eigenvalue weighted by atomic mass is 35.5. The maximum atomic E-state index is 10.5. The van der Waals surface area contributed by atoms with Crippen molar-refractivity contribution in [2.45, 2.75) is 50.5 Å².